The molecule has 2 rings (SSSR count). The molecule has 0 saturated carbocycles. The summed E-state index contributed by atoms with van der Waals surface area (Å²) >= 11 is 0. The third-order valence-electron chi connectivity index (χ3n) is 2.73. The first-order chi connectivity index (χ1) is 7.22. The number of hydrogen-bond donors (Lipinski definition) is 1. The minimum Gasteiger partial charge on any atom is -0.497 e. The lowest BCUT2D eigenvalue weighted by molar-refractivity contribution is 0.400. The van der Waals surface area contributed by atoms with E-state index in [1.54, 1.807) is 7.11 Å². The molecule has 0 aromatic heterocycles. The Morgan fingerprint density at radius 3 is 2.93 bits per heavy atom. The fourth-order valence-electron chi connectivity index (χ4n) is 1.75. The van der Waals surface area contributed by atoms with E-state index in [1.807, 2.05) is 30.1 Å². The van der Waals surface area contributed by atoms with Gasteiger partial charge in [-0.2, -0.15) is 0 Å². The molecule has 1 aliphatic rings. The highest BCUT2D eigenvalue weighted by atomic mass is 16.5. The number of ether oxygens (including phenoxy) is 1. The zero-order valence-electron chi connectivity index (χ0n) is 8.97. The van der Waals surface area contributed by atoms with Gasteiger partial charge in [0.1, 0.15) is 5.75 Å². The second-order valence-corrected chi connectivity index (χ2v) is 3.60. The van der Waals surface area contributed by atoms with Crippen molar-refractivity contribution in [1.29, 1.82) is 0 Å². The summed E-state index contributed by atoms with van der Waals surface area (Å²) < 4.78 is 5.19. The van der Waals surface area contributed by atoms with Crippen LogP contribution in [0.5, 0.6) is 5.75 Å². The predicted molar refractivity (Wildman–Crippen MR) is 60.0 cm³/mol. The smallest absolute Gasteiger partial charge is 0.191 e. The number of likely N-dealkylation sites (N-methyl/N-ethyl adjacent to an activating group) is 1. The summed E-state index contributed by atoms with van der Waals surface area (Å²) in [5.41, 5.74) is 6.90. The highest BCUT2D eigenvalue weighted by Crippen LogP contribution is 2.26. The Kier molecular flexibility index (Phi) is 2.49. The minimum absolute atomic E-state index is 0.236. The Hall–Kier alpha value is -1.71. The molecule has 15 heavy (non-hydrogen) atoms. The van der Waals surface area contributed by atoms with Crippen molar-refractivity contribution in [3.05, 3.63) is 29.8 Å². The molecule has 1 aromatic rings. The lowest BCUT2D eigenvalue weighted by atomic mass is 10.1. The van der Waals surface area contributed by atoms with Crippen LogP contribution in [-0.4, -0.2) is 31.6 Å². The number of nitrogens with two attached hydrogens (primary N) is 1. The second-order valence-electron chi connectivity index (χ2n) is 3.60. The Morgan fingerprint density at radius 2 is 2.33 bits per heavy atom. The summed E-state index contributed by atoms with van der Waals surface area (Å²) in [7, 11) is 3.62. The van der Waals surface area contributed by atoms with Gasteiger partial charge in [-0.15, -0.1) is 0 Å². The summed E-state index contributed by atoms with van der Waals surface area (Å²) in [6, 6.07) is 8.24. The normalized spacial score (nSPS) is 20.3. The molecule has 0 bridgehead atoms. The van der Waals surface area contributed by atoms with E-state index in [9.17, 15) is 0 Å². The molecule has 1 heterocycles. The van der Waals surface area contributed by atoms with E-state index in [0.29, 0.717) is 5.96 Å². The molecule has 0 fully saturated rings. The largest absolute Gasteiger partial charge is 0.497 e. The number of benzene rings is 1. The van der Waals surface area contributed by atoms with E-state index in [0.717, 1.165) is 12.3 Å². The van der Waals surface area contributed by atoms with E-state index in [-0.39, 0.29) is 6.04 Å². The molecule has 0 amide bonds. The zero-order valence-corrected chi connectivity index (χ0v) is 8.97. The van der Waals surface area contributed by atoms with Crippen LogP contribution in [0.15, 0.2) is 29.3 Å². The maximum atomic E-state index is 5.72. The number of guanidine groups is 1. The fraction of sp³-hybridized carbons (Fsp3) is 0.364. The minimum atomic E-state index is 0.236. The summed E-state index contributed by atoms with van der Waals surface area (Å²) in [6.45, 7) is 0.718. The third kappa shape index (κ3) is 1.75. The Balaban J connectivity index is 2.24. The van der Waals surface area contributed by atoms with Gasteiger partial charge in [-0.05, 0) is 17.7 Å². The molecule has 4 heteroatoms. The maximum absolute atomic E-state index is 5.72. The van der Waals surface area contributed by atoms with Crippen molar-refractivity contribution in [3.63, 3.8) is 0 Å². The Morgan fingerprint density at radius 1 is 1.53 bits per heavy atom. The van der Waals surface area contributed by atoms with Crippen LogP contribution in [0.4, 0.5) is 0 Å². The van der Waals surface area contributed by atoms with E-state index in [2.05, 4.69) is 11.1 Å². The first kappa shape index (κ1) is 9.83. The van der Waals surface area contributed by atoms with Crippen molar-refractivity contribution >= 4 is 5.96 Å². The van der Waals surface area contributed by atoms with Crippen LogP contribution in [0.3, 0.4) is 0 Å². The van der Waals surface area contributed by atoms with Crippen molar-refractivity contribution in [2.24, 2.45) is 10.7 Å². The van der Waals surface area contributed by atoms with Crippen molar-refractivity contribution < 1.29 is 4.74 Å². The average molecular weight is 205 g/mol. The molecule has 1 atom stereocenters. The lowest BCUT2D eigenvalue weighted by Gasteiger charge is -2.21. The molecule has 0 aliphatic carbocycles. The van der Waals surface area contributed by atoms with Gasteiger partial charge in [0.15, 0.2) is 5.96 Å². The number of aliphatic imine (C=N–C) groups is 1. The molecular formula is C11H15N3O. The van der Waals surface area contributed by atoms with Crippen LogP contribution in [0.25, 0.3) is 0 Å². The lowest BCUT2D eigenvalue weighted by Crippen LogP contribution is -2.32. The summed E-state index contributed by atoms with van der Waals surface area (Å²) in [5.74, 6) is 1.47. The fourth-order valence-corrected chi connectivity index (χ4v) is 1.75. The molecule has 1 unspecified atom stereocenters. The van der Waals surface area contributed by atoms with Gasteiger partial charge in [0.05, 0.1) is 19.7 Å². The standard InChI is InChI=1S/C11H15N3O/c1-14-10(7-13-11(14)12)8-4-3-5-9(6-8)15-2/h3-6,10H,7H2,1-2H3,(H2,12,13). The molecule has 1 aliphatic heterocycles. The van der Waals surface area contributed by atoms with Gasteiger partial charge in [-0.25, -0.2) is 0 Å². The molecule has 2 N–H and O–H groups in total. The SMILES string of the molecule is COc1cccc(C2CN=C(N)N2C)c1. The van der Waals surface area contributed by atoms with Crippen LogP contribution >= 0.6 is 0 Å². The van der Waals surface area contributed by atoms with Gasteiger partial charge >= 0.3 is 0 Å². The average Bonchev–Trinajstić information content (AvgIpc) is 2.60. The number of methoxy groups -OCH3 is 1. The molecule has 0 saturated heterocycles. The van der Waals surface area contributed by atoms with Crippen molar-refractivity contribution in [1.82, 2.24) is 4.90 Å². The molecule has 1 aromatic carbocycles. The summed E-state index contributed by atoms with van der Waals surface area (Å²) in [6.07, 6.45) is 0. The van der Waals surface area contributed by atoms with E-state index in [4.69, 9.17) is 10.5 Å². The first-order valence-corrected chi connectivity index (χ1v) is 4.89. The summed E-state index contributed by atoms with van der Waals surface area (Å²) in [5, 5.41) is 0. The highest BCUT2D eigenvalue weighted by molar-refractivity contribution is 5.80. The third-order valence-corrected chi connectivity index (χ3v) is 2.73. The van der Waals surface area contributed by atoms with E-state index >= 15 is 0 Å². The van der Waals surface area contributed by atoms with Crippen LogP contribution in [0.1, 0.15) is 11.6 Å². The summed E-state index contributed by atoms with van der Waals surface area (Å²) in [4.78, 5) is 6.19. The van der Waals surface area contributed by atoms with Gasteiger partial charge in [-0.1, -0.05) is 12.1 Å². The van der Waals surface area contributed by atoms with Gasteiger partial charge in [0.2, 0.25) is 0 Å². The highest BCUT2D eigenvalue weighted by Gasteiger charge is 2.23. The van der Waals surface area contributed by atoms with Gasteiger partial charge in [0, 0.05) is 7.05 Å². The molecule has 0 radical (unpaired) electrons. The quantitative estimate of drug-likeness (QED) is 0.783. The predicted octanol–water partition coefficient (Wildman–Crippen LogP) is 0.996. The van der Waals surface area contributed by atoms with Crippen molar-refractivity contribution in [2.75, 3.05) is 20.7 Å². The van der Waals surface area contributed by atoms with Crippen molar-refractivity contribution in [3.8, 4) is 5.75 Å². The van der Waals surface area contributed by atoms with Crippen LogP contribution in [-0.2, 0) is 0 Å². The van der Waals surface area contributed by atoms with Gasteiger partial charge in [-0.3, -0.25) is 4.99 Å². The second kappa shape index (κ2) is 3.81. The number of nitrogens with zero attached hydrogens (tertiary/aromatic N) is 2. The number of rotatable bonds is 2. The van der Waals surface area contributed by atoms with Crippen LogP contribution in [0.2, 0.25) is 0 Å². The number of hydrogen-bond acceptors (Lipinski definition) is 4. The monoisotopic (exact) mass is 205 g/mol. The van der Waals surface area contributed by atoms with Gasteiger partial charge < -0.3 is 15.4 Å². The molecule has 0 spiro atoms. The zero-order chi connectivity index (χ0) is 10.8. The topological polar surface area (TPSA) is 50.9 Å². The Bertz CT molecular complexity index is 389. The van der Waals surface area contributed by atoms with Gasteiger partial charge in [0.25, 0.3) is 0 Å². The molecule has 80 valence electrons. The molecular weight excluding hydrogens is 190 g/mol. The van der Waals surface area contributed by atoms with E-state index < -0.39 is 0 Å². The maximum Gasteiger partial charge on any atom is 0.191 e. The van der Waals surface area contributed by atoms with E-state index in [1.165, 1.54) is 5.56 Å². The molecule has 4 nitrogen and oxygen atoms in total. The van der Waals surface area contributed by atoms with Crippen LogP contribution in [0, 0.1) is 0 Å². The first-order valence-electron chi connectivity index (χ1n) is 4.89. The van der Waals surface area contributed by atoms with Crippen LogP contribution < -0.4 is 10.5 Å². The van der Waals surface area contributed by atoms with Crippen molar-refractivity contribution in [2.45, 2.75) is 6.04 Å². The Labute approximate surface area is 89.4 Å².